The molecule has 2 aliphatic rings. The first-order valence-corrected chi connectivity index (χ1v) is 6.42. The second kappa shape index (κ2) is 4.22. The molecule has 0 spiro atoms. The van der Waals surface area contributed by atoms with E-state index in [1.807, 2.05) is 0 Å². The van der Waals surface area contributed by atoms with E-state index in [1.165, 1.54) is 38.5 Å². The molecule has 0 aromatic rings. The van der Waals surface area contributed by atoms with Crippen molar-refractivity contribution in [3.8, 4) is 0 Å². The average molecular weight is 195 g/mol. The van der Waals surface area contributed by atoms with Gasteiger partial charge in [-0.15, -0.1) is 0 Å². The smallest absolute Gasteiger partial charge is 0.00959 e. The normalized spacial score (nSPS) is 45.6. The van der Waals surface area contributed by atoms with Crippen LogP contribution in [0.4, 0.5) is 0 Å². The summed E-state index contributed by atoms with van der Waals surface area (Å²) in [5.41, 5.74) is 6.38. The van der Waals surface area contributed by atoms with Gasteiger partial charge in [-0.05, 0) is 49.4 Å². The Morgan fingerprint density at radius 3 is 2.14 bits per heavy atom. The zero-order chi connectivity index (χ0) is 10.1. The van der Waals surface area contributed by atoms with E-state index in [4.69, 9.17) is 5.73 Å². The Morgan fingerprint density at radius 2 is 1.57 bits per heavy atom. The van der Waals surface area contributed by atoms with Crippen molar-refractivity contribution in [1.29, 1.82) is 0 Å². The molecule has 0 heterocycles. The molecular weight excluding hydrogens is 170 g/mol. The van der Waals surface area contributed by atoms with E-state index in [0.29, 0.717) is 6.04 Å². The van der Waals surface area contributed by atoms with Crippen molar-refractivity contribution >= 4 is 0 Å². The number of hydrogen-bond acceptors (Lipinski definition) is 1. The molecule has 0 saturated heterocycles. The van der Waals surface area contributed by atoms with E-state index < -0.39 is 0 Å². The quantitative estimate of drug-likeness (QED) is 0.719. The number of rotatable bonds is 2. The SMILES string of the molecule is CC1CCCC(C(N)C2CC(C)C2)C1. The van der Waals surface area contributed by atoms with Crippen LogP contribution in [0, 0.1) is 23.7 Å². The van der Waals surface area contributed by atoms with Crippen LogP contribution in [0.1, 0.15) is 52.4 Å². The fraction of sp³-hybridized carbons (Fsp3) is 1.00. The highest BCUT2D eigenvalue weighted by Crippen LogP contribution is 2.41. The van der Waals surface area contributed by atoms with E-state index >= 15 is 0 Å². The maximum atomic E-state index is 6.38. The summed E-state index contributed by atoms with van der Waals surface area (Å²) in [5.74, 6) is 3.58. The van der Waals surface area contributed by atoms with Gasteiger partial charge in [0.05, 0.1) is 0 Å². The molecular formula is C13H25N. The second-order valence-electron chi connectivity index (χ2n) is 5.95. The summed E-state index contributed by atoms with van der Waals surface area (Å²) in [6.45, 7) is 4.75. The predicted molar refractivity (Wildman–Crippen MR) is 61.0 cm³/mol. The molecule has 2 rings (SSSR count). The van der Waals surface area contributed by atoms with Crippen LogP contribution in [-0.2, 0) is 0 Å². The Balaban J connectivity index is 1.81. The molecule has 0 radical (unpaired) electrons. The van der Waals surface area contributed by atoms with Crippen molar-refractivity contribution in [3.63, 3.8) is 0 Å². The molecule has 2 aliphatic carbocycles. The fourth-order valence-electron chi connectivity index (χ4n) is 3.49. The molecule has 2 fully saturated rings. The average Bonchev–Trinajstić information content (AvgIpc) is 2.12. The highest BCUT2D eigenvalue weighted by Gasteiger charge is 2.35. The summed E-state index contributed by atoms with van der Waals surface area (Å²) in [6.07, 6.45) is 8.44. The molecule has 0 aliphatic heterocycles. The molecule has 1 heteroatoms. The van der Waals surface area contributed by atoms with Gasteiger partial charge >= 0.3 is 0 Å². The van der Waals surface area contributed by atoms with Crippen LogP contribution >= 0.6 is 0 Å². The predicted octanol–water partition coefficient (Wildman–Crippen LogP) is 3.19. The van der Waals surface area contributed by atoms with Gasteiger partial charge < -0.3 is 5.73 Å². The first kappa shape index (κ1) is 10.5. The lowest BCUT2D eigenvalue weighted by molar-refractivity contribution is 0.116. The van der Waals surface area contributed by atoms with Crippen molar-refractivity contribution in [2.45, 2.75) is 58.4 Å². The van der Waals surface area contributed by atoms with Gasteiger partial charge in [-0.1, -0.05) is 26.7 Å². The lowest BCUT2D eigenvalue weighted by Gasteiger charge is -2.42. The first-order chi connectivity index (χ1) is 6.66. The summed E-state index contributed by atoms with van der Waals surface area (Å²) in [6, 6.07) is 0.522. The van der Waals surface area contributed by atoms with Gasteiger partial charge in [0.2, 0.25) is 0 Å². The third kappa shape index (κ3) is 2.13. The standard InChI is InChI=1S/C13H25N/c1-9-4-3-5-11(6-9)13(14)12-7-10(2)8-12/h9-13H,3-8,14H2,1-2H3. The summed E-state index contributed by atoms with van der Waals surface area (Å²) >= 11 is 0. The van der Waals surface area contributed by atoms with E-state index in [-0.39, 0.29) is 0 Å². The monoisotopic (exact) mass is 195 g/mol. The molecule has 3 unspecified atom stereocenters. The van der Waals surface area contributed by atoms with Crippen molar-refractivity contribution in [3.05, 3.63) is 0 Å². The Kier molecular flexibility index (Phi) is 3.16. The van der Waals surface area contributed by atoms with Crippen LogP contribution in [0.2, 0.25) is 0 Å². The summed E-state index contributed by atoms with van der Waals surface area (Å²) in [5, 5.41) is 0. The summed E-state index contributed by atoms with van der Waals surface area (Å²) < 4.78 is 0. The minimum atomic E-state index is 0.522. The highest BCUT2D eigenvalue weighted by atomic mass is 14.7. The molecule has 2 N–H and O–H groups in total. The van der Waals surface area contributed by atoms with Crippen LogP contribution < -0.4 is 5.73 Å². The van der Waals surface area contributed by atoms with Crippen LogP contribution in [0.3, 0.4) is 0 Å². The topological polar surface area (TPSA) is 26.0 Å². The largest absolute Gasteiger partial charge is 0.327 e. The Bertz CT molecular complexity index is 184. The van der Waals surface area contributed by atoms with Gasteiger partial charge in [-0.3, -0.25) is 0 Å². The minimum absolute atomic E-state index is 0.522. The van der Waals surface area contributed by atoms with E-state index in [1.54, 1.807) is 0 Å². The minimum Gasteiger partial charge on any atom is -0.327 e. The van der Waals surface area contributed by atoms with Crippen molar-refractivity contribution < 1.29 is 0 Å². The molecule has 3 atom stereocenters. The van der Waals surface area contributed by atoms with Crippen molar-refractivity contribution in [2.75, 3.05) is 0 Å². The molecule has 0 amide bonds. The molecule has 14 heavy (non-hydrogen) atoms. The Hall–Kier alpha value is -0.0400. The molecule has 0 bridgehead atoms. The van der Waals surface area contributed by atoms with E-state index in [0.717, 1.165) is 23.7 Å². The lowest BCUT2D eigenvalue weighted by atomic mass is 9.66. The molecule has 0 aromatic carbocycles. The van der Waals surface area contributed by atoms with Crippen molar-refractivity contribution in [1.82, 2.24) is 0 Å². The van der Waals surface area contributed by atoms with Crippen molar-refractivity contribution in [2.24, 2.45) is 29.4 Å². The maximum Gasteiger partial charge on any atom is 0.00959 e. The highest BCUT2D eigenvalue weighted by molar-refractivity contribution is 4.90. The van der Waals surface area contributed by atoms with Gasteiger partial charge in [0.15, 0.2) is 0 Å². The van der Waals surface area contributed by atoms with E-state index in [2.05, 4.69) is 13.8 Å². The molecule has 2 saturated carbocycles. The first-order valence-electron chi connectivity index (χ1n) is 6.42. The van der Waals surface area contributed by atoms with E-state index in [9.17, 15) is 0 Å². The molecule has 1 nitrogen and oxygen atoms in total. The molecule has 0 aromatic heterocycles. The van der Waals surface area contributed by atoms with Crippen LogP contribution in [-0.4, -0.2) is 6.04 Å². The number of nitrogens with two attached hydrogens (primary N) is 1. The fourth-order valence-corrected chi connectivity index (χ4v) is 3.49. The number of hydrogen-bond donors (Lipinski definition) is 1. The maximum absolute atomic E-state index is 6.38. The second-order valence-corrected chi connectivity index (χ2v) is 5.95. The van der Waals surface area contributed by atoms with Gasteiger partial charge in [0.25, 0.3) is 0 Å². The summed E-state index contributed by atoms with van der Waals surface area (Å²) in [4.78, 5) is 0. The van der Waals surface area contributed by atoms with Crippen LogP contribution in [0.15, 0.2) is 0 Å². The van der Waals surface area contributed by atoms with Gasteiger partial charge in [0, 0.05) is 6.04 Å². The zero-order valence-electron chi connectivity index (χ0n) is 9.71. The zero-order valence-corrected chi connectivity index (χ0v) is 9.71. The Labute approximate surface area is 88.4 Å². The molecule has 82 valence electrons. The lowest BCUT2D eigenvalue weighted by Crippen LogP contribution is -2.44. The Morgan fingerprint density at radius 1 is 0.929 bits per heavy atom. The van der Waals surface area contributed by atoms with Gasteiger partial charge in [0.1, 0.15) is 0 Å². The van der Waals surface area contributed by atoms with Gasteiger partial charge in [-0.25, -0.2) is 0 Å². The van der Waals surface area contributed by atoms with Crippen LogP contribution in [0.5, 0.6) is 0 Å². The third-order valence-electron chi connectivity index (χ3n) is 4.48. The van der Waals surface area contributed by atoms with Crippen LogP contribution in [0.25, 0.3) is 0 Å². The summed E-state index contributed by atoms with van der Waals surface area (Å²) in [7, 11) is 0. The third-order valence-corrected chi connectivity index (χ3v) is 4.48. The van der Waals surface area contributed by atoms with Gasteiger partial charge in [-0.2, -0.15) is 0 Å².